The predicted molar refractivity (Wildman–Crippen MR) is 68.7 cm³/mol. The molecule has 1 aromatic carbocycles. The first kappa shape index (κ1) is 12.4. The molecular formula is C13H17N3O2. The number of aromatic nitrogens is 2. The number of benzene rings is 1. The van der Waals surface area contributed by atoms with Gasteiger partial charge in [-0.15, -0.1) is 0 Å². The molecule has 0 saturated heterocycles. The Morgan fingerprint density at radius 1 is 1.22 bits per heavy atom. The number of rotatable bonds is 6. The van der Waals surface area contributed by atoms with Gasteiger partial charge in [0.15, 0.2) is 0 Å². The smallest absolute Gasteiger partial charge is 0.123 e. The molecule has 18 heavy (non-hydrogen) atoms. The normalized spacial score (nSPS) is 10.3. The minimum absolute atomic E-state index is 0.688. The molecule has 2 rings (SSSR count). The third-order valence-corrected chi connectivity index (χ3v) is 2.65. The second kappa shape index (κ2) is 6.07. The van der Waals surface area contributed by atoms with E-state index in [4.69, 9.17) is 9.47 Å². The van der Waals surface area contributed by atoms with Gasteiger partial charge in [-0.25, -0.2) is 4.98 Å². The van der Waals surface area contributed by atoms with E-state index in [1.807, 2.05) is 24.4 Å². The molecule has 0 atom stereocenters. The highest BCUT2D eigenvalue weighted by atomic mass is 16.5. The van der Waals surface area contributed by atoms with Crippen molar-refractivity contribution in [3.63, 3.8) is 0 Å². The Labute approximate surface area is 106 Å². The highest BCUT2D eigenvalue weighted by molar-refractivity contribution is 5.40. The zero-order valence-electron chi connectivity index (χ0n) is 10.6. The fourth-order valence-electron chi connectivity index (χ4n) is 1.73. The summed E-state index contributed by atoms with van der Waals surface area (Å²) in [5, 5.41) is 3.30. The molecule has 0 amide bonds. The topological polar surface area (TPSA) is 59.2 Å². The van der Waals surface area contributed by atoms with Crippen molar-refractivity contribution in [2.45, 2.75) is 13.1 Å². The lowest BCUT2D eigenvalue weighted by molar-refractivity contribution is 0.397. The predicted octanol–water partition coefficient (Wildman–Crippen LogP) is 1.72. The van der Waals surface area contributed by atoms with Crippen molar-refractivity contribution in [2.75, 3.05) is 14.2 Å². The summed E-state index contributed by atoms with van der Waals surface area (Å²) in [4.78, 5) is 7.19. The number of hydrogen-bond acceptors (Lipinski definition) is 4. The van der Waals surface area contributed by atoms with Gasteiger partial charge >= 0.3 is 0 Å². The van der Waals surface area contributed by atoms with Crippen LogP contribution in [-0.2, 0) is 13.1 Å². The van der Waals surface area contributed by atoms with Gasteiger partial charge in [0, 0.05) is 24.5 Å². The van der Waals surface area contributed by atoms with Crippen molar-refractivity contribution in [2.24, 2.45) is 0 Å². The molecule has 96 valence electrons. The van der Waals surface area contributed by atoms with E-state index in [0.717, 1.165) is 22.9 Å². The summed E-state index contributed by atoms with van der Waals surface area (Å²) in [6.45, 7) is 1.38. The number of hydrogen-bond donors (Lipinski definition) is 2. The molecule has 0 radical (unpaired) electrons. The average Bonchev–Trinajstić information content (AvgIpc) is 2.92. The van der Waals surface area contributed by atoms with E-state index >= 15 is 0 Å². The van der Waals surface area contributed by atoms with Crippen molar-refractivity contribution in [3.8, 4) is 11.5 Å². The third-order valence-electron chi connectivity index (χ3n) is 2.65. The summed E-state index contributed by atoms with van der Waals surface area (Å²) >= 11 is 0. The van der Waals surface area contributed by atoms with Crippen molar-refractivity contribution in [3.05, 3.63) is 42.0 Å². The number of imidazole rings is 1. The maximum absolute atomic E-state index is 5.31. The summed E-state index contributed by atoms with van der Waals surface area (Å²) in [6, 6.07) is 5.76. The molecule has 0 aliphatic rings. The molecule has 5 nitrogen and oxygen atoms in total. The van der Waals surface area contributed by atoms with Crippen molar-refractivity contribution >= 4 is 0 Å². The number of ether oxygens (including phenoxy) is 2. The first-order valence-electron chi connectivity index (χ1n) is 5.73. The lowest BCUT2D eigenvalue weighted by atomic mass is 10.2. The van der Waals surface area contributed by atoms with Gasteiger partial charge in [0.25, 0.3) is 0 Å². The maximum Gasteiger partial charge on any atom is 0.123 e. The minimum Gasteiger partial charge on any atom is -0.497 e. The monoisotopic (exact) mass is 247 g/mol. The number of nitrogens with zero attached hydrogens (tertiary/aromatic N) is 1. The molecule has 2 aromatic rings. The largest absolute Gasteiger partial charge is 0.497 e. The van der Waals surface area contributed by atoms with Gasteiger partial charge < -0.3 is 19.8 Å². The summed E-state index contributed by atoms with van der Waals surface area (Å²) in [7, 11) is 3.32. The zero-order chi connectivity index (χ0) is 12.8. The Morgan fingerprint density at radius 2 is 2.11 bits per heavy atom. The van der Waals surface area contributed by atoms with E-state index in [0.29, 0.717) is 13.1 Å². The van der Waals surface area contributed by atoms with Crippen LogP contribution in [0.4, 0.5) is 0 Å². The van der Waals surface area contributed by atoms with Crippen LogP contribution in [0.2, 0.25) is 0 Å². The summed E-state index contributed by atoms with van der Waals surface area (Å²) in [6.07, 6.45) is 3.55. The molecule has 5 heteroatoms. The van der Waals surface area contributed by atoms with Crippen LogP contribution in [0.15, 0.2) is 30.6 Å². The molecule has 0 saturated carbocycles. The quantitative estimate of drug-likeness (QED) is 0.816. The van der Waals surface area contributed by atoms with E-state index in [1.165, 1.54) is 0 Å². The van der Waals surface area contributed by atoms with E-state index in [1.54, 1.807) is 20.4 Å². The Bertz CT molecular complexity index is 483. The van der Waals surface area contributed by atoms with Gasteiger partial charge in [0.2, 0.25) is 0 Å². The first-order chi connectivity index (χ1) is 8.83. The second-order valence-electron chi connectivity index (χ2n) is 3.82. The molecule has 2 N–H and O–H groups in total. The SMILES string of the molecule is COc1ccc(OC)c(CNCc2ncc[nH]2)c1. The molecule has 0 aliphatic heterocycles. The number of H-pyrrole nitrogens is 1. The highest BCUT2D eigenvalue weighted by Crippen LogP contribution is 2.23. The van der Waals surface area contributed by atoms with E-state index in [2.05, 4.69) is 15.3 Å². The fraction of sp³-hybridized carbons (Fsp3) is 0.308. The molecule has 0 bridgehead atoms. The standard InChI is InChI=1S/C13H17N3O2/c1-17-11-3-4-12(18-2)10(7-11)8-14-9-13-15-5-6-16-13/h3-7,14H,8-9H2,1-2H3,(H,15,16). The lowest BCUT2D eigenvalue weighted by Gasteiger charge is -2.10. The van der Waals surface area contributed by atoms with Crippen LogP contribution < -0.4 is 14.8 Å². The number of aromatic amines is 1. The van der Waals surface area contributed by atoms with Crippen LogP contribution >= 0.6 is 0 Å². The van der Waals surface area contributed by atoms with Gasteiger partial charge in [0.1, 0.15) is 17.3 Å². The van der Waals surface area contributed by atoms with Gasteiger partial charge in [-0.1, -0.05) is 0 Å². The number of nitrogens with one attached hydrogen (secondary N) is 2. The van der Waals surface area contributed by atoms with E-state index in [9.17, 15) is 0 Å². The van der Waals surface area contributed by atoms with Crippen LogP contribution in [0, 0.1) is 0 Å². The molecule has 0 spiro atoms. The lowest BCUT2D eigenvalue weighted by Crippen LogP contribution is -2.14. The van der Waals surface area contributed by atoms with Crippen LogP contribution in [0.3, 0.4) is 0 Å². The van der Waals surface area contributed by atoms with Crippen molar-refractivity contribution < 1.29 is 9.47 Å². The average molecular weight is 247 g/mol. The summed E-state index contributed by atoms with van der Waals surface area (Å²) in [5.74, 6) is 2.59. The molecule has 0 aliphatic carbocycles. The van der Waals surface area contributed by atoms with Crippen LogP contribution in [0.1, 0.15) is 11.4 Å². The Morgan fingerprint density at radius 3 is 2.78 bits per heavy atom. The first-order valence-corrected chi connectivity index (χ1v) is 5.73. The molecule has 0 unspecified atom stereocenters. The Kier molecular flexibility index (Phi) is 4.20. The van der Waals surface area contributed by atoms with E-state index < -0.39 is 0 Å². The van der Waals surface area contributed by atoms with Crippen LogP contribution in [0.5, 0.6) is 11.5 Å². The summed E-state index contributed by atoms with van der Waals surface area (Å²) < 4.78 is 10.5. The third kappa shape index (κ3) is 3.01. The van der Waals surface area contributed by atoms with Crippen LogP contribution in [-0.4, -0.2) is 24.2 Å². The zero-order valence-corrected chi connectivity index (χ0v) is 10.6. The Hall–Kier alpha value is -2.01. The maximum atomic E-state index is 5.31. The number of methoxy groups -OCH3 is 2. The van der Waals surface area contributed by atoms with Crippen LogP contribution in [0.25, 0.3) is 0 Å². The fourth-order valence-corrected chi connectivity index (χ4v) is 1.73. The molecule has 1 aromatic heterocycles. The molecular weight excluding hydrogens is 230 g/mol. The van der Waals surface area contributed by atoms with Crippen molar-refractivity contribution in [1.29, 1.82) is 0 Å². The molecule has 0 fully saturated rings. The highest BCUT2D eigenvalue weighted by Gasteiger charge is 2.05. The Balaban J connectivity index is 1.98. The second-order valence-corrected chi connectivity index (χ2v) is 3.82. The van der Waals surface area contributed by atoms with Gasteiger partial charge in [-0.05, 0) is 18.2 Å². The van der Waals surface area contributed by atoms with Gasteiger partial charge in [-0.3, -0.25) is 0 Å². The van der Waals surface area contributed by atoms with Gasteiger partial charge in [-0.2, -0.15) is 0 Å². The molecule has 1 heterocycles. The summed E-state index contributed by atoms with van der Waals surface area (Å²) in [5.41, 5.74) is 1.06. The van der Waals surface area contributed by atoms with Gasteiger partial charge in [0.05, 0.1) is 20.8 Å². The van der Waals surface area contributed by atoms with Crippen molar-refractivity contribution in [1.82, 2.24) is 15.3 Å². The minimum atomic E-state index is 0.688. The van der Waals surface area contributed by atoms with E-state index in [-0.39, 0.29) is 0 Å².